The summed E-state index contributed by atoms with van der Waals surface area (Å²) >= 11 is 0. The van der Waals surface area contributed by atoms with Gasteiger partial charge in [0.15, 0.2) is 0 Å². The van der Waals surface area contributed by atoms with E-state index < -0.39 is 0 Å². The van der Waals surface area contributed by atoms with Gasteiger partial charge in [-0.3, -0.25) is 4.40 Å². The van der Waals surface area contributed by atoms with Crippen molar-refractivity contribution in [1.29, 1.82) is 0 Å². The first-order chi connectivity index (χ1) is 27.3. The number of hydrogen-bond acceptors (Lipinski definition) is 2. The van der Waals surface area contributed by atoms with E-state index in [4.69, 9.17) is 4.98 Å². The molecule has 0 saturated carbocycles. The van der Waals surface area contributed by atoms with Gasteiger partial charge in [-0.15, -0.1) is 0 Å². The molecule has 0 aliphatic carbocycles. The predicted octanol–water partition coefficient (Wildman–Crippen LogP) is 13.8. The molecule has 0 radical (unpaired) electrons. The largest absolute Gasteiger partial charge is 0.291 e. The zero-order valence-corrected chi connectivity index (χ0v) is 29.7. The lowest BCUT2D eigenvalue weighted by Crippen LogP contribution is -1.91. The van der Waals surface area contributed by atoms with E-state index in [-0.39, 0.29) is 0 Å². The average Bonchev–Trinajstić information content (AvgIpc) is 3.68. The Morgan fingerprint density at radius 2 is 0.873 bits per heavy atom. The number of fused-ring (bicyclic) bond motifs is 8. The van der Waals surface area contributed by atoms with Crippen molar-refractivity contribution in [3.63, 3.8) is 0 Å². The van der Waals surface area contributed by atoms with E-state index in [0.29, 0.717) is 5.78 Å². The molecule has 12 aromatic rings. The summed E-state index contributed by atoms with van der Waals surface area (Å²) < 4.78 is 1.99. The highest BCUT2D eigenvalue weighted by molar-refractivity contribution is 6.33. The van der Waals surface area contributed by atoms with Gasteiger partial charge in [0.1, 0.15) is 0 Å². The van der Waals surface area contributed by atoms with E-state index in [9.17, 15) is 0 Å². The second kappa shape index (κ2) is 11.6. The van der Waals surface area contributed by atoms with Gasteiger partial charge in [-0.05, 0) is 110 Å². The maximum absolute atomic E-state index is 4.97. The summed E-state index contributed by atoms with van der Waals surface area (Å²) in [6.07, 6.45) is 5.88. The van der Waals surface area contributed by atoms with Crippen molar-refractivity contribution < 1.29 is 0 Å². The van der Waals surface area contributed by atoms with E-state index >= 15 is 0 Å². The van der Waals surface area contributed by atoms with Crippen molar-refractivity contribution >= 4 is 81.2 Å². The Morgan fingerprint density at radius 1 is 0.364 bits per heavy atom. The molecule has 2 heterocycles. The third kappa shape index (κ3) is 4.44. The Morgan fingerprint density at radius 3 is 1.49 bits per heavy atom. The Labute approximate surface area is 316 Å². The van der Waals surface area contributed by atoms with Crippen LogP contribution in [0.1, 0.15) is 0 Å². The van der Waals surface area contributed by atoms with Crippen molar-refractivity contribution in [3.05, 3.63) is 188 Å². The highest BCUT2D eigenvalue weighted by atomic mass is 15.1. The first-order valence-electron chi connectivity index (χ1n) is 18.8. The zero-order chi connectivity index (χ0) is 36.0. The van der Waals surface area contributed by atoms with Crippen LogP contribution >= 0.6 is 0 Å². The summed E-state index contributed by atoms with van der Waals surface area (Å²) in [6, 6.07) is 62.5. The van der Waals surface area contributed by atoms with Gasteiger partial charge >= 0.3 is 0 Å². The summed E-state index contributed by atoms with van der Waals surface area (Å²) in [5, 5.41) is 17.6. The molecule has 0 spiro atoms. The standard InChI is InChI=1S/C52H31N3/c1-2-13-38-37(12-1)40-18-7-10-33-24-25-34-11-8-19-41(50(34)49(33)40)39-27-26-36(30-46(38)39)32-20-22-35(23-21-32)48-42-14-3-5-16-44(42)51(45-17-6-4-15-43(45)48)47-31-55-29-9-28-53-52(55)54-47/h1-31H. The van der Waals surface area contributed by atoms with Crippen LogP contribution in [-0.2, 0) is 0 Å². The fourth-order valence-electron chi connectivity index (χ4n) is 9.23. The number of benzene rings is 9. The van der Waals surface area contributed by atoms with Gasteiger partial charge in [-0.25, -0.2) is 9.97 Å². The van der Waals surface area contributed by atoms with Crippen molar-refractivity contribution in [1.82, 2.24) is 14.4 Å². The van der Waals surface area contributed by atoms with Crippen LogP contribution in [0.2, 0.25) is 0 Å². The number of nitrogens with zero attached hydrogens (tertiary/aromatic N) is 3. The number of imidazole rings is 1. The van der Waals surface area contributed by atoms with E-state index in [0.717, 1.165) is 11.3 Å². The van der Waals surface area contributed by atoms with Crippen LogP contribution in [0, 0.1) is 0 Å². The van der Waals surface area contributed by atoms with Gasteiger partial charge in [0.2, 0.25) is 5.78 Å². The molecule has 2 aromatic heterocycles. The zero-order valence-electron chi connectivity index (χ0n) is 29.7. The summed E-state index contributed by atoms with van der Waals surface area (Å²) in [4.78, 5) is 9.48. The topological polar surface area (TPSA) is 30.2 Å². The number of hydrogen-bond donors (Lipinski definition) is 0. The highest BCUT2D eigenvalue weighted by Crippen LogP contribution is 2.45. The molecule has 0 N–H and O–H groups in total. The predicted molar refractivity (Wildman–Crippen MR) is 232 cm³/mol. The van der Waals surface area contributed by atoms with Gasteiger partial charge in [0.05, 0.1) is 5.69 Å². The maximum Gasteiger partial charge on any atom is 0.234 e. The smallest absolute Gasteiger partial charge is 0.234 e. The van der Waals surface area contributed by atoms with Crippen LogP contribution in [0.4, 0.5) is 0 Å². The third-order valence-electron chi connectivity index (χ3n) is 11.6. The normalized spacial score (nSPS) is 12.0. The van der Waals surface area contributed by atoms with Gasteiger partial charge < -0.3 is 0 Å². The molecular weight excluding hydrogens is 667 g/mol. The molecule has 0 saturated heterocycles. The Bertz CT molecular complexity index is 3450. The van der Waals surface area contributed by atoms with Gasteiger partial charge in [-0.1, -0.05) is 158 Å². The van der Waals surface area contributed by atoms with Crippen molar-refractivity contribution in [2.45, 2.75) is 0 Å². The summed E-state index contributed by atoms with van der Waals surface area (Å²) in [5.74, 6) is 0.696. The Hall–Kier alpha value is -7.36. The molecule has 3 nitrogen and oxygen atoms in total. The number of aromatic nitrogens is 3. The second-order valence-corrected chi connectivity index (χ2v) is 14.6. The molecule has 0 aliphatic rings. The molecule has 55 heavy (non-hydrogen) atoms. The minimum absolute atomic E-state index is 0.696. The minimum Gasteiger partial charge on any atom is -0.291 e. The first-order valence-corrected chi connectivity index (χ1v) is 18.8. The van der Waals surface area contributed by atoms with E-state index in [1.807, 2.05) is 16.7 Å². The van der Waals surface area contributed by atoms with Crippen LogP contribution in [0.5, 0.6) is 0 Å². The first kappa shape index (κ1) is 30.1. The molecule has 3 heteroatoms. The van der Waals surface area contributed by atoms with E-state index in [2.05, 4.69) is 175 Å². The lowest BCUT2D eigenvalue weighted by Gasteiger charge is -2.17. The molecule has 0 fully saturated rings. The quantitative estimate of drug-likeness (QED) is 0.136. The summed E-state index contributed by atoms with van der Waals surface area (Å²) in [7, 11) is 0. The van der Waals surface area contributed by atoms with E-state index in [1.165, 1.54) is 97.7 Å². The molecule has 12 rings (SSSR count). The van der Waals surface area contributed by atoms with Crippen molar-refractivity contribution in [3.8, 4) is 33.5 Å². The maximum atomic E-state index is 4.97. The third-order valence-corrected chi connectivity index (χ3v) is 11.6. The Balaban J connectivity index is 1.07. The molecule has 0 aliphatic heterocycles. The van der Waals surface area contributed by atoms with Gasteiger partial charge in [0.25, 0.3) is 0 Å². The van der Waals surface area contributed by atoms with Gasteiger partial charge in [-0.2, -0.15) is 0 Å². The van der Waals surface area contributed by atoms with Crippen molar-refractivity contribution in [2.24, 2.45) is 0 Å². The monoisotopic (exact) mass is 697 g/mol. The highest BCUT2D eigenvalue weighted by Gasteiger charge is 2.19. The minimum atomic E-state index is 0.696. The summed E-state index contributed by atoms with van der Waals surface area (Å²) in [5.41, 5.74) is 6.86. The van der Waals surface area contributed by atoms with E-state index in [1.54, 1.807) is 6.20 Å². The molecular formula is C52H31N3. The molecule has 254 valence electrons. The van der Waals surface area contributed by atoms with Crippen molar-refractivity contribution in [2.75, 3.05) is 0 Å². The second-order valence-electron chi connectivity index (χ2n) is 14.6. The Kier molecular flexibility index (Phi) is 6.34. The van der Waals surface area contributed by atoms with Crippen LogP contribution in [0.25, 0.3) is 115 Å². The van der Waals surface area contributed by atoms with Crippen LogP contribution in [0.3, 0.4) is 0 Å². The average molecular weight is 698 g/mol. The number of rotatable bonds is 3. The van der Waals surface area contributed by atoms with Crippen LogP contribution in [0.15, 0.2) is 188 Å². The van der Waals surface area contributed by atoms with Crippen LogP contribution < -0.4 is 0 Å². The van der Waals surface area contributed by atoms with Crippen LogP contribution in [-0.4, -0.2) is 14.4 Å². The summed E-state index contributed by atoms with van der Waals surface area (Å²) in [6.45, 7) is 0. The molecule has 0 atom stereocenters. The lowest BCUT2D eigenvalue weighted by molar-refractivity contribution is 1.11. The fourth-order valence-corrected chi connectivity index (χ4v) is 9.23. The molecule has 0 unspecified atom stereocenters. The molecule has 0 bridgehead atoms. The van der Waals surface area contributed by atoms with Gasteiger partial charge in [0, 0.05) is 24.2 Å². The lowest BCUT2D eigenvalue weighted by atomic mass is 9.87. The molecule has 10 aromatic carbocycles. The molecule has 0 amide bonds. The fraction of sp³-hybridized carbons (Fsp3) is 0. The SMILES string of the molecule is c1ccc2c(-c3cn4cccnc4n3)c3ccccc3c(-c3ccc(-c4ccc5c(c4)c4ccccc4c4cccc6ccc7cccc5c7c64)cc3)c2c1.